The SMILES string of the molecule is CN1CCNCC1c1noc(-c2ccc(C(=O)NCC(C)(C)C)cc2)n1. The lowest BCUT2D eigenvalue weighted by Crippen LogP contribution is -2.44. The number of carbonyl (C=O) groups excluding carboxylic acids is 1. The summed E-state index contributed by atoms with van der Waals surface area (Å²) in [5, 5.41) is 10.4. The first kappa shape index (κ1) is 18.5. The summed E-state index contributed by atoms with van der Waals surface area (Å²) in [6, 6.07) is 7.36. The summed E-state index contributed by atoms with van der Waals surface area (Å²) in [6.45, 7) is 9.61. The van der Waals surface area contributed by atoms with E-state index in [1.54, 1.807) is 12.1 Å². The number of nitrogens with one attached hydrogen (secondary N) is 2. The molecule has 0 radical (unpaired) electrons. The summed E-state index contributed by atoms with van der Waals surface area (Å²) >= 11 is 0. The number of hydrogen-bond donors (Lipinski definition) is 2. The molecule has 7 heteroatoms. The van der Waals surface area contributed by atoms with Gasteiger partial charge in [0.05, 0.1) is 6.04 Å². The molecule has 0 saturated carbocycles. The molecule has 1 amide bonds. The van der Waals surface area contributed by atoms with Gasteiger partial charge in [-0.15, -0.1) is 0 Å². The third-order valence-corrected chi connectivity index (χ3v) is 4.42. The van der Waals surface area contributed by atoms with Crippen LogP contribution in [0.3, 0.4) is 0 Å². The number of aromatic nitrogens is 2. The van der Waals surface area contributed by atoms with E-state index in [0.717, 1.165) is 25.2 Å². The summed E-state index contributed by atoms with van der Waals surface area (Å²) in [7, 11) is 2.06. The van der Waals surface area contributed by atoms with Gasteiger partial charge in [-0.3, -0.25) is 9.69 Å². The van der Waals surface area contributed by atoms with Crippen LogP contribution in [0.25, 0.3) is 11.5 Å². The lowest BCUT2D eigenvalue weighted by molar-refractivity contribution is 0.0939. The zero-order valence-corrected chi connectivity index (χ0v) is 15.9. The van der Waals surface area contributed by atoms with Crippen molar-refractivity contribution in [1.29, 1.82) is 0 Å². The van der Waals surface area contributed by atoms with Crippen molar-refractivity contribution in [3.63, 3.8) is 0 Å². The largest absolute Gasteiger partial charge is 0.352 e. The van der Waals surface area contributed by atoms with Crippen molar-refractivity contribution in [3.05, 3.63) is 35.7 Å². The molecular formula is C19H27N5O2. The second-order valence-corrected chi connectivity index (χ2v) is 7.98. The Bertz CT molecular complexity index is 748. The molecule has 3 rings (SSSR count). The van der Waals surface area contributed by atoms with E-state index in [1.165, 1.54) is 0 Å². The van der Waals surface area contributed by atoms with E-state index in [4.69, 9.17) is 4.52 Å². The molecule has 2 N–H and O–H groups in total. The first-order valence-electron chi connectivity index (χ1n) is 8.97. The van der Waals surface area contributed by atoms with Gasteiger partial charge in [0, 0.05) is 37.3 Å². The predicted molar refractivity (Wildman–Crippen MR) is 99.8 cm³/mol. The molecule has 1 aromatic carbocycles. The van der Waals surface area contributed by atoms with Gasteiger partial charge in [-0.05, 0) is 36.7 Å². The number of rotatable bonds is 4. The Morgan fingerprint density at radius 1 is 1.35 bits per heavy atom. The highest BCUT2D eigenvalue weighted by atomic mass is 16.5. The molecule has 1 aromatic heterocycles. The maximum absolute atomic E-state index is 12.2. The lowest BCUT2D eigenvalue weighted by Gasteiger charge is -2.30. The summed E-state index contributed by atoms with van der Waals surface area (Å²) in [5.41, 5.74) is 1.48. The zero-order chi connectivity index (χ0) is 18.7. The lowest BCUT2D eigenvalue weighted by atomic mass is 9.97. The molecule has 1 unspecified atom stereocenters. The number of nitrogens with zero attached hydrogens (tertiary/aromatic N) is 3. The van der Waals surface area contributed by atoms with Crippen LogP contribution in [0.1, 0.15) is 43.0 Å². The standard InChI is InChI=1S/C19H27N5O2/c1-19(2,3)12-21-17(25)13-5-7-14(8-6-13)18-22-16(23-26-18)15-11-20-9-10-24(15)4/h5-8,15,20H,9-12H2,1-4H3,(H,21,25). The Balaban J connectivity index is 1.68. The van der Waals surface area contributed by atoms with E-state index < -0.39 is 0 Å². The van der Waals surface area contributed by atoms with Crippen molar-refractivity contribution < 1.29 is 9.32 Å². The molecule has 2 heterocycles. The third-order valence-electron chi connectivity index (χ3n) is 4.42. The monoisotopic (exact) mass is 357 g/mol. The Morgan fingerprint density at radius 2 is 2.08 bits per heavy atom. The Morgan fingerprint density at radius 3 is 2.73 bits per heavy atom. The van der Waals surface area contributed by atoms with Gasteiger partial charge in [-0.2, -0.15) is 4.98 Å². The molecule has 7 nitrogen and oxygen atoms in total. The first-order valence-corrected chi connectivity index (χ1v) is 8.97. The van der Waals surface area contributed by atoms with Crippen molar-refractivity contribution in [1.82, 2.24) is 25.7 Å². The molecule has 1 aliphatic heterocycles. The highest BCUT2D eigenvalue weighted by Crippen LogP contribution is 2.23. The number of likely N-dealkylation sites (N-methyl/N-ethyl adjacent to an activating group) is 1. The summed E-state index contributed by atoms with van der Waals surface area (Å²) < 4.78 is 5.43. The Hall–Kier alpha value is -2.25. The van der Waals surface area contributed by atoms with E-state index >= 15 is 0 Å². The molecule has 0 spiro atoms. The van der Waals surface area contributed by atoms with Crippen LogP contribution >= 0.6 is 0 Å². The zero-order valence-electron chi connectivity index (χ0n) is 15.9. The van der Waals surface area contributed by atoms with Crippen molar-refractivity contribution in [3.8, 4) is 11.5 Å². The van der Waals surface area contributed by atoms with Gasteiger partial charge in [-0.25, -0.2) is 0 Å². The summed E-state index contributed by atoms with van der Waals surface area (Å²) in [5.74, 6) is 1.08. The van der Waals surface area contributed by atoms with Crippen molar-refractivity contribution in [2.45, 2.75) is 26.8 Å². The molecule has 0 bridgehead atoms. The maximum atomic E-state index is 12.2. The van der Waals surface area contributed by atoms with Crippen LogP contribution in [-0.2, 0) is 0 Å². The average molecular weight is 357 g/mol. The topological polar surface area (TPSA) is 83.3 Å². The van der Waals surface area contributed by atoms with Crippen molar-refractivity contribution in [2.75, 3.05) is 33.2 Å². The molecular weight excluding hydrogens is 330 g/mol. The fourth-order valence-electron chi connectivity index (χ4n) is 2.79. The summed E-state index contributed by atoms with van der Waals surface area (Å²) in [6.07, 6.45) is 0. The number of amides is 1. The molecule has 1 aliphatic rings. The number of hydrogen-bond acceptors (Lipinski definition) is 6. The van der Waals surface area contributed by atoms with Crippen LogP contribution in [-0.4, -0.2) is 54.2 Å². The van der Waals surface area contributed by atoms with Gasteiger partial charge >= 0.3 is 0 Å². The highest BCUT2D eigenvalue weighted by Gasteiger charge is 2.25. The summed E-state index contributed by atoms with van der Waals surface area (Å²) in [4.78, 5) is 19.0. The van der Waals surface area contributed by atoms with E-state index in [0.29, 0.717) is 23.8 Å². The fraction of sp³-hybridized carbons (Fsp3) is 0.526. The third kappa shape index (κ3) is 4.47. The van der Waals surface area contributed by atoms with Crippen molar-refractivity contribution >= 4 is 5.91 Å². The van der Waals surface area contributed by atoms with Crippen LogP contribution in [0, 0.1) is 5.41 Å². The maximum Gasteiger partial charge on any atom is 0.257 e. The predicted octanol–water partition coefficient (Wildman–Crippen LogP) is 2.09. The molecule has 1 saturated heterocycles. The van der Waals surface area contributed by atoms with Gasteiger partial charge in [0.1, 0.15) is 0 Å². The van der Waals surface area contributed by atoms with Gasteiger partial charge in [0.25, 0.3) is 11.8 Å². The Kier molecular flexibility index (Phi) is 5.38. The minimum atomic E-state index is -0.0763. The number of carbonyl (C=O) groups is 1. The van der Waals surface area contributed by atoms with Crippen LogP contribution in [0.2, 0.25) is 0 Å². The molecule has 140 valence electrons. The molecule has 0 aliphatic carbocycles. The normalized spacial score (nSPS) is 18.7. The number of benzene rings is 1. The van der Waals surface area contributed by atoms with Crippen molar-refractivity contribution in [2.24, 2.45) is 5.41 Å². The van der Waals surface area contributed by atoms with Gasteiger partial charge in [-0.1, -0.05) is 25.9 Å². The smallest absolute Gasteiger partial charge is 0.257 e. The van der Waals surface area contributed by atoms with Crippen LogP contribution in [0.5, 0.6) is 0 Å². The molecule has 2 aromatic rings. The van der Waals surface area contributed by atoms with Gasteiger partial charge in [0.2, 0.25) is 0 Å². The second-order valence-electron chi connectivity index (χ2n) is 7.98. The van der Waals surface area contributed by atoms with Crippen LogP contribution in [0.15, 0.2) is 28.8 Å². The molecule has 1 atom stereocenters. The fourth-order valence-corrected chi connectivity index (χ4v) is 2.79. The van der Waals surface area contributed by atoms with Gasteiger partial charge in [0.15, 0.2) is 5.82 Å². The van der Waals surface area contributed by atoms with E-state index in [-0.39, 0.29) is 17.4 Å². The Labute approximate surface area is 154 Å². The number of piperazine rings is 1. The highest BCUT2D eigenvalue weighted by molar-refractivity contribution is 5.94. The van der Waals surface area contributed by atoms with E-state index in [1.807, 2.05) is 12.1 Å². The van der Waals surface area contributed by atoms with Crippen LogP contribution < -0.4 is 10.6 Å². The molecule has 1 fully saturated rings. The minimum absolute atomic E-state index is 0.0525. The second kappa shape index (κ2) is 7.55. The van der Waals surface area contributed by atoms with E-state index in [9.17, 15) is 4.79 Å². The van der Waals surface area contributed by atoms with E-state index in [2.05, 4.69) is 53.5 Å². The van der Waals surface area contributed by atoms with Crippen LogP contribution in [0.4, 0.5) is 0 Å². The average Bonchev–Trinajstić information content (AvgIpc) is 3.09. The molecule has 26 heavy (non-hydrogen) atoms. The first-order chi connectivity index (χ1) is 12.3. The van der Waals surface area contributed by atoms with Gasteiger partial charge < -0.3 is 15.2 Å². The quantitative estimate of drug-likeness (QED) is 0.872. The minimum Gasteiger partial charge on any atom is -0.352 e.